The smallest absolute Gasteiger partial charge is 0.319 e. The van der Waals surface area contributed by atoms with Crippen molar-refractivity contribution in [2.45, 2.75) is 20.3 Å². The molecule has 1 aliphatic heterocycles. The van der Waals surface area contributed by atoms with Crippen molar-refractivity contribution in [1.29, 1.82) is 0 Å². The number of carbonyl (C=O) groups is 2. The minimum absolute atomic E-state index is 0.0228. The standard InChI is InChI=1S/C22H30N6O3/c1-17(2)16-31-19-7-4-3-6-18(19)26-22(30)25-11-8-20(29)27-12-14-28(15-13-27)21-23-9-5-10-24-21/h3-7,9-10,17H,8,11-16H2,1-2H3,(H2,25,26,30). The molecule has 2 heterocycles. The number of hydrogen-bond donors (Lipinski definition) is 2. The lowest BCUT2D eigenvalue weighted by Gasteiger charge is -2.34. The molecule has 0 spiro atoms. The Balaban J connectivity index is 1.39. The van der Waals surface area contributed by atoms with E-state index in [0.29, 0.717) is 56.1 Å². The average Bonchev–Trinajstić information content (AvgIpc) is 2.79. The van der Waals surface area contributed by atoms with Gasteiger partial charge in [-0.25, -0.2) is 14.8 Å². The van der Waals surface area contributed by atoms with E-state index in [0.717, 1.165) is 0 Å². The number of benzene rings is 1. The second-order valence-electron chi connectivity index (χ2n) is 7.75. The predicted molar refractivity (Wildman–Crippen MR) is 119 cm³/mol. The number of carbonyl (C=O) groups excluding carboxylic acids is 2. The van der Waals surface area contributed by atoms with Gasteiger partial charge in [-0.15, -0.1) is 0 Å². The highest BCUT2D eigenvalue weighted by Gasteiger charge is 2.22. The van der Waals surface area contributed by atoms with Crippen molar-refractivity contribution in [1.82, 2.24) is 20.2 Å². The number of para-hydroxylation sites is 2. The summed E-state index contributed by atoms with van der Waals surface area (Å²) in [4.78, 5) is 37.1. The summed E-state index contributed by atoms with van der Waals surface area (Å²) in [5.74, 6) is 1.72. The zero-order valence-electron chi connectivity index (χ0n) is 18.1. The number of ether oxygens (including phenoxy) is 1. The van der Waals surface area contributed by atoms with Gasteiger partial charge in [-0.05, 0) is 24.1 Å². The number of aromatic nitrogens is 2. The van der Waals surface area contributed by atoms with E-state index in [1.165, 1.54) is 0 Å². The monoisotopic (exact) mass is 426 g/mol. The molecule has 0 aliphatic carbocycles. The van der Waals surface area contributed by atoms with E-state index >= 15 is 0 Å². The lowest BCUT2D eigenvalue weighted by molar-refractivity contribution is -0.131. The SMILES string of the molecule is CC(C)COc1ccccc1NC(=O)NCCC(=O)N1CCN(c2ncccn2)CC1. The zero-order valence-corrected chi connectivity index (χ0v) is 18.1. The molecule has 0 bridgehead atoms. The summed E-state index contributed by atoms with van der Waals surface area (Å²) in [7, 11) is 0. The Hall–Kier alpha value is -3.36. The summed E-state index contributed by atoms with van der Waals surface area (Å²) in [5, 5.41) is 5.54. The molecule has 0 saturated carbocycles. The molecule has 9 heteroatoms. The molecule has 2 N–H and O–H groups in total. The third-order valence-electron chi connectivity index (χ3n) is 4.80. The maximum atomic E-state index is 12.5. The molecule has 2 aromatic rings. The van der Waals surface area contributed by atoms with Gasteiger partial charge >= 0.3 is 6.03 Å². The molecule has 1 aromatic carbocycles. The first-order valence-corrected chi connectivity index (χ1v) is 10.6. The van der Waals surface area contributed by atoms with E-state index in [9.17, 15) is 9.59 Å². The lowest BCUT2D eigenvalue weighted by atomic mass is 10.2. The number of nitrogens with one attached hydrogen (secondary N) is 2. The highest BCUT2D eigenvalue weighted by molar-refractivity contribution is 5.91. The second kappa shape index (κ2) is 11.1. The molecule has 31 heavy (non-hydrogen) atoms. The van der Waals surface area contributed by atoms with E-state index in [4.69, 9.17) is 4.74 Å². The molecular formula is C22H30N6O3. The van der Waals surface area contributed by atoms with Crippen LogP contribution in [0.2, 0.25) is 0 Å². The van der Waals surface area contributed by atoms with Crippen molar-refractivity contribution in [3.63, 3.8) is 0 Å². The molecule has 0 unspecified atom stereocenters. The summed E-state index contributed by atoms with van der Waals surface area (Å²) < 4.78 is 5.75. The number of piperazine rings is 1. The van der Waals surface area contributed by atoms with Crippen LogP contribution >= 0.6 is 0 Å². The van der Waals surface area contributed by atoms with Gasteiger partial charge in [0.1, 0.15) is 5.75 Å². The fourth-order valence-electron chi connectivity index (χ4n) is 3.17. The van der Waals surface area contributed by atoms with Crippen molar-refractivity contribution in [2.24, 2.45) is 5.92 Å². The van der Waals surface area contributed by atoms with Crippen LogP contribution in [0.25, 0.3) is 0 Å². The molecule has 3 rings (SSSR count). The molecule has 1 aromatic heterocycles. The Morgan fingerprint density at radius 1 is 1.06 bits per heavy atom. The van der Waals surface area contributed by atoms with Crippen LogP contribution in [-0.2, 0) is 4.79 Å². The van der Waals surface area contributed by atoms with Gasteiger partial charge < -0.3 is 25.2 Å². The number of anilines is 2. The van der Waals surface area contributed by atoms with Gasteiger partial charge in [0.05, 0.1) is 12.3 Å². The highest BCUT2D eigenvalue weighted by atomic mass is 16.5. The first-order chi connectivity index (χ1) is 15.0. The Morgan fingerprint density at radius 2 is 1.77 bits per heavy atom. The quantitative estimate of drug-likeness (QED) is 0.672. The topological polar surface area (TPSA) is 99.7 Å². The molecular weight excluding hydrogens is 396 g/mol. The van der Waals surface area contributed by atoms with Gasteiger partial charge in [-0.1, -0.05) is 26.0 Å². The van der Waals surface area contributed by atoms with Crippen molar-refractivity contribution >= 4 is 23.6 Å². The molecule has 1 aliphatic rings. The summed E-state index contributed by atoms with van der Waals surface area (Å²) in [6.45, 7) is 7.58. The summed E-state index contributed by atoms with van der Waals surface area (Å²) in [6, 6.07) is 8.73. The number of rotatable bonds is 8. The Labute approximate surface area is 182 Å². The van der Waals surface area contributed by atoms with E-state index in [2.05, 4.69) is 39.3 Å². The molecule has 0 radical (unpaired) electrons. The molecule has 1 fully saturated rings. The molecule has 166 valence electrons. The minimum atomic E-state index is -0.362. The number of urea groups is 1. The third-order valence-corrected chi connectivity index (χ3v) is 4.80. The van der Waals surface area contributed by atoms with E-state index in [1.807, 2.05) is 23.1 Å². The van der Waals surface area contributed by atoms with E-state index in [-0.39, 0.29) is 24.9 Å². The summed E-state index contributed by atoms with van der Waals surface area (Å²) in [6.07, 6.45) is 3.68. The first-order valence-electron chi connectivity index (χ1n) is 10.6. The van der Waals surface area contributed by atoms with Crippen LogP contribution in [0.5, 0.6) is 5.75 Å². The number of amides is 3. The average molecular weight is 427 g/mol. The molecule has 9 nitrogen and oxygen atoms in total. The highest BCUT2D eigenvalue weighted by Crippen LogP contribution is 2.24. The van der Waals surface area contributed by atoms with Crippen LogP contribution in [0.3, 0.4) is 0 Å². The predicted octanol–water partition coefficient (Wildman–Crippen LogP) is 2.37. The van der Waals surface area contributed by atoms with Crippen LogP contribution in [0, 0.1) is 5.92 Å². The molecule has 3 amide bonds. The number of hydrogen-bond acceptors (Lipinski definition) is 6. The fourth-order valence-corrected chi connectivity index (χ4v) is 3.17. The fraction of sp³-hybridized carbons (Fsp3) is 0.455. The van der Waals surface area contributed by atoms with Crippen LogP contribution in [0.4, 0.5) is 16.4 Å². The zero-order chi connectivity index (χ0) is 22.1. The van der Waals surface area contributed by atoms with Gasteiger partial charge in [0, 0.05) is 51.5 Å². The van der Waals surface area contributed by atoms with Crippen molar-refractivity contribution in [3.8, 4) is 5.75 Å². The van der Waals surface area contributed by atoms with Gasteiger partial charge in [-0.2, -0.15) is 0 Å². The largest absolute Gasteiger partial charge is 0.491 e. The number of nitrogens with zero attached hydrogens (tertiary/aromatic N) is 4. The second-order valence-corrected chi connectivity index (χ2v) is 7.75. The minimum Gasteiger partial charge on any atom is -0.491 e. The Morgan fingerprint density at radius 3 is 2.48 bits per heavy atom. The maximum absolute atomic E-state index is 12.5. The van der Waals surface area contributed by atoms with Crippen molar-refractivity contribution in [3.05, 3.63) is 42.7 Å². The first kappa shape index (κ1) is 22.3. The summed E-state index contributed by atoms with van der Waals surface area (Å²) in [5.41, 5.74) is 0.603. The molecule has 0 atom stereocenters. The lowest BCUT2D eigenvalue weighted by Crippen LogP contribution is -2.49. The Kier molecular flexibility index (Phi) is 8.03. The van der Waals surface area contributed by atoms with Gasteiger partial charge in [0.25, 0.3) is 0 Å². The van der Waals surface area contributed by atoms with Crippen LogP contribution in [0.1, 0.15) is 20.3 Å². The van der Waals surface area contributed by atoms with Crippen molar-refractivity contribution in [2.75, 3.05) is 49.5 Å². The van der Waals surface area contributed by atoms with Gasteiger partial charge in [0.2, 0.25) is 11.9 Å². The van der Waals surface area contributed by atoms with Crippen LogP contribution in [-0.4, -0.2) is 66.1 Å². The van der Waals surface area contributed by atoms with Gasteiger partial charge in [-0.3, -0.25) is 4.79 Å². The van der Waals surface area contributed by atoms with Gasteiger partial charge in [0.15, 0.2) is 0 Å². The third kappa shape index (κ3) is 6.84. The van der Waals surface area contributed by atoms with Crippen LogP contribution < -0.4 is 20.3 Å². The normalized spacial score (nSPS) is 13.8. The van der Waals surface area contributed by atoms with Crippen molar-refractivity contribution < 1.29 is 14.3 Å². The maximum Gasteiger partial charge on any atom is 0.319 e. The van der Waals surface area contributed by atoms with E-state index in [1.54, 1.807) is 24.5 Å². The molecule has 1 saturated heterocycles. The van der Waals surface area contributed by atoms with Crippen LogP contribution in [0.15, 0.2) is 42.7 Å². The van der Waals surface area contributed by atoms with E-state index < -0.39 is 0 Å². The Bertz CT molecular complexity index is 853. The summed E-state index contributed by atoms with van der Waals surface area (Å²) >= 11 is 0.